The van der Waals surface area contributed by atoms with E-state index in [1.807, 2.05) is 11.8 Å². The average Bonchev–Trinajstić information content (AvgIpc) is 2.75. The molecule has 1 fully saturated rings. The van der Waals surface area contributed by atoms with E-state index in [-0.39, 0.29) is 0 Å². The summed E-state index contributed by atoms with van der Waals surface area (Å²) in [5.41, 5.74) is 6.99. The first-order valence-electron chi connectivity index (χ1n) is 5.15. The number of nitrogens with zero attached hydrogens (tertiary/aromatic N) is 2. The minimum Gasteiger partial charge on any atom is -0.383 e. The third-order valence-electron chi connectivity index (χ3n) is 2.52. The van der Waals surface area contributed by atoms with Crippen LogP contribution in [0.15, 0.2) is 0 Å². The molecule has 1 saturated heterocycles. The van der Waals surface area contributed by atoms with Gasteiger partial charge in [-0.15, -0.1) is 0 Å². The maximum atomic E-state index is 5.90. The van der Waals surface area contributed by atoms with Gasteiger partial charge < -0.3 is 5.73 Å². The van der Waals surface area contributed by atoms with Gasteiger partial charge in [-0.25, -0.2) is 9.97 Å². The molecule has 3 nitrogen and oxygen atoms in total. The Hall–Kier alpha value is -0.0400. The van der Waals surface area contributed by atoms with Crippen LogP contribution in [0.25, 0.3) is 0 Å². The molecule has 0 aliphatic carbocycles. The number of rotatable bonds is 2. The van der Waals surface area contributed by atoms with Crippen LogP contribution in [-0.4, -0.2) is 15.7 Å². The SMILES string of the molecule is CCc1nc(C2CCCS2)nc(N)c1I. The molecular weight excluding hydrogens is 321 g/mol. The first-order chi connectivity index (χ1) is 7.22. The second kappa shape index (κ2) is 4.86. The number of aryl methyl sites for hydroxylation is 1. The molecule has 0 amide bonds. The Morgan fingerprint density at radius 2 is 2.33 bits per heavy atom. The topological polar surface area (TPSA) is 51.8 Å². The zero-order valence-electron chi connectivity index (χ0n) is 8.66. The maximum absolute atomic E-state index is 5.90. The van der Waals surface area contributed by atoms with E-state index in [4.69, 9.17) is 5.73 Å². The summed E-state index contributed by atoms with van der Waals surface area (Å²) in [5.74, 6) is 2.80. The zero-order valence-corrected chi connectivity index (χ0v) is 11.6. The molecule has 0 saturated carbocycles. The van der Waals surface area contributed by atoms with E-state index in [9.17, 15) is 0 Å². The molecule has 2 rings (SSSR count). The van der Waals surface area contributed by atoms with Crippen molar-refractivity contribution in [1.29, 1.82) is 0 Å². The molecule has 1 aromatic heterocycles. The van der Waals surface area contributed by atoms with Crippen molar-refractivity contribution < 1.29 is 0 Å². The van der Waals surface area contributed by atoms with Crippen LogP contribution in [0.5, 0.6) is 0 Å². The highest BCUT2D eigenvalue weighted by atomic mass is 127. The summed E-state index contributed by atoms with van der Waals surface area (Å²) in [6.07, 6.45) is 3.38. The molecule has 1 aliphatic heterocycles. The highest BCUT2D eigenvalue weighted by Gasteiger charge is 2.22. The molecule has 5 heteroatoms. The van der Waals surface area contributed by atoms with Gasteiger partial charge in [0.2, 0.25) is 0 Å². The molecule has 0 radical (unpaired) electrons. The summed E-state index contributed by atoms with van der Waals surface area (Å²) >= 11 is 4.17. The summed E-state index contributed by atoms with van der Waals surface area (Å²) in [7, 11) is 0. The molecule has 1 unspecified atom stereocenters. The summed E-state index contributed by atoms with van der Waals surface area (Å²) in [5, 5.41) is 0.467. The van der Waals surface area contributed by atoms with Crippen molar-refractivity contribution in [2.75, 3.05) is 11.5 Å². The number of thioether (sulfide) groups is 1. The fourth-order valence-corrected chi connectivity index (χ4v) is 3.52. The summed E-state index contributed by atoms with van der Waals surface area (Å²) in [6.45, 7) is 2.11. The van der Waals surface area contributed by atoms with Crippen molar-refractivity contribution in [3.8, 4) is 0 Å². The molecule has 82 valence electrons. The Bertz CT molecular complexity index is 364. The summed E-state index contributed by atoms with van der Waals surface area (Å²) in [4.78, 5) is 9.02. The van der Waals surface area contributed by atoms with E-state index in [1.165, 1.54) is 18.6 Å². The van der Waals surface area contributed by atoms with Gasteiger partial charge in [-0.2, -0.15) is 11.8 Å². The number of anilines is 1. The molecule has 0 spiro atoms. The predicted molar refractivity (Wildman–Crippen MR) is 73.0 cm³/mol. The minimum absolute atomic E-state index is 0.467. The highest BCUT2D eigenvalue weighted by molar-refractivity contribution is 14.1. The van der Waals surface area contributed by atoms with Gasteiger partial charge in [0.15, 0.2) is 0 Å². The molecule has 2 heterocycles. The predicted octanol–water partition coefficient (Wildman–Crippen LogP) is 2.79. The first-order valence-corrected chi connectivity index (χ1v) is 7.28. The molecule has 0 bridgehead atoms. The van der Waals surface area contributed by atoms with E-state index < -0.39 is 0 Å². The Morgan fingerprint density at radius 3 is 2.93 bits per heavy atom. The number of nitrogen functional groups attached to an aromatic ring is 1. The Labute approximate surface area is 108 Å². The van der Waals surface area contributed by atoms with Crippen molar-refractivity contribution in [3.63, 3.8) is 0 Å². The molecule has 1 atom stereocenters. The van der Waals surface area contributed by atoms with Crippen molar-refractivity contribution in [3.05, 3.63) is 15.1 Å². The van der Waals surface area contributed by atoms with Gasteiger partial charge in [0, 0.05) is 0 Å². The van der Waals surface area contributed by atoms with Crippen LogP contribution < -0.4 is 5.73 Å². The second-order valence-corrected chi connectivity index (χ2v) is 5.97. The standard InChI is InChI=1S/C10H14IN3S/c1-2-6-8(11)9(12)14-10(13-6)7-4-3-5-15-7/h7H,2-5H2,1H3,(H2,12,13,14). The number of nitrogens with two attached hydrogens (primary N) is 1. The lowest BCUT2D eigenvalue weighted by atomic mass is 10.2. The molecule has 15 heavy (non-hydrogen) atoms. The molecule has 0 aromatic carbocycles. The minimum atomic E-state index is 0.467. The summed E-state index contributed by atoms with van der Waals surface area (Å²) < 4.78 is 1.02. The normalized spacial score (nSPS) is 20.8. The van der Waals surface area contributed by atoms with Crippen molar-refractivity contribution >= 4 is 40.2 Å². The molecule has 2 N–H and O–H groups in total. The number of aromatic nitrogens is 2. The largest absolute Gasteiger partial charge is 0.383 e. The highest BCUT2D eigenvalue weighted by Crippen LogP contribution is 2.38. The summed E-state index contributed by atoms with van der Waals surface area (Å²) in [6, 6.07) is 0. The smallest absolute Gasteiger partial charge is 0.144 e. The molecular formula is C10H14IN3S. The number of hydrogen-bond acceptors (Lipinski definition) is 4. The fourth-order valence-electron chi connectivity index (χ4n) is 1.69. The number of halogens is 1. The van der Waals surface area contributed by atoms with Crippen LogP contribution in [-0.2, 0) is 6.42 Å². The van der Waals surface area contributed by atoms with E-state index in [0.717, 1.165) is 21.5 Å². The average molecular weight is 335 g/mol. The maximum Gasteiger partial charge on any atom is 0.144 e. The van der Waals surface area contributed by atoms with Crippen LogP contribution in [0.2, 0.25) is 0 Å². The van der Waals surface area contributed by atoms with Gasteiger partial charge in [-0.1, -0.05) is 6.92 Å². The van der Waals surface area contributed by atoms with Crippen molar-refractivity contribution in [2.45, 2.75) is 31.4 Å². The van der Waals surface area contributed by atoms with Crippen LogP contribution >= 0.6 is 34.4 Å². The van der Waals surface area contributed by atoms with Gasteiger partial charge >= 0.3 is 0 Å². The van der Waals surface area contributed by atoms with Crippen molar-refractivity contribution in [2.24, 2.45) is 0 Å². The Morgan fingerprint density at radius 1 is 1.53 bits per heavy atom. The van der Waals surface area contributed by atoms with Gasteiger partial charge in [0.1, 0.15) is 11.6 Å². The third kappa shape index (κ3) is 2.38. The van der Waals surface area contributed by atoms with Gasteiger partial charge in [0.05, 0.1) is 14.5 Å². The zero-order chi connectivity index (χ0) is 10.8. The van der Waals surface area contributed by atoms with Crippen LogP contribution in [0.4, 0.5) is 5.82 Å². The van der Waals surface area contributed by atoms with E-state index in [1.54, 1.807) is 0 Å². The van der Waals surface area contributed by atoms with Crippen LogP contribution in [0.3, 0.4) is 0 Å². The monoisotopic (exact) mass is 335 g/mol. The second-order valence-electron chi connectivity index (χ2n) is 3.58. The van der Waals surface area contributed by atoms with Gasteiger partial charge in [-0.05, 0) is 47.6 Å². The third-order valence-corrected chi connectivity index (χ3v) is 5.06. The first kappa shape index (κ1) is 11.4. The lowest BCUT2D eigenvalue weighted by molar-refractivity contribution is 0.765. The molecule has 1 aliphatic rings. The van der Waals surface area contributed by atoms with Crippen LogP contribution in [0.1, 0.15) is 36.5 Å². The Kier molecular flexibility index (Phi) is 3.71. The van der Waals surface area contributed by atoms with Gasteiger partial charge in [0.25, 0.3) is 0 Å². The van der Waals surface area contributed by atoms with E-state index in [2.05, 4.69) is 39.5 Å². The Balaban J connectivity index is 2.35. The van der Waals surface area contributed by atoms with Gasteiger partial charge in [-0.3, -0.25) is 0 Å². The van der Waals surface area contributed by atoms with Crippen LogP contribution in [0, 0.1) is 3.57 Å². The molecule has 1 aromatic rings. The van der Waals surface area contributed by atoms with Crippen molar-refractivity contribution in [1.82, 2.24) is 9.97 Å². The number of hydrogen-bond donors (Lipinski definition) is 1. The lowest BCUT2D eigenvalue weighted by Crippen LogP contribution is -2.08. The lowest BCUT2D eigenvalue weighted by Gasteiger charge is -2.11. The van der Waals surface area contributed by atoms with E-state index >= 15 is 0 Å². The quantitative estimate of drug-likeness (QED) is 0.845. The van der Waals surface area contributed by atoms with E-state index in [0.29, 0.717) is 11.1 Å². The fraction of sp³-hybridized carbons (Fsp3) is 0.600.